The molecule has 112 valence electrons. The van der Waals surface area contributed by atoms with Crippen LogP contribution in [0.2, 0.25) is 0 Å². The fourth-order valence-electron chi connectivity index (χ4n) is 1.97. The Bertz CT molecular complexity index is 468. The zero-order chi connectivity index (χ0) is 14.5. The number of aromatic nitrogens is 1. The van der Waals surface area contributed by atoms with Crippen molar-refractivity contribution in [3.05, 3.63) is 10.6 Å². The zero-order valence-electron chi connectivity index (χ0n) is 10.9. The maximum absolute atomic E-state index is 11.8. The highest BCUT2D eigenvalue weighted by molar-refractivity contribution is 7.15. The van der Waals surface area contributed by atoms with Crippen molar-refractivity contribution in [2.75, 3.05) is 18.5 Å². The van der Waals surface area contributed by atoms with Crippen LogP contribution < -0.4 is 11.1 Å². The highest BCUT2D eigenvalue weighted by atomic mass is 32.1. The second-order valence-electron chi connectivity index (χ2n) is 4.66. The molecular formula is C12H17F2N3O2S. The maximum atomic E-state index is 11.8. The van der Waals surface area contributed by atoms with Crippen LogP contribution in [0.25, 0.3) is 0 Å². The minimum absolute atomic E-state index is 0.0217. The third kappa shape index (κ3) is 4.46. The number of nitrogens with zero attached hydrogens (tertiary/aromatic N) is 1. The van der Waals surface area contributed by atoms with Crippen molar-refractivity contribution >= 4 is 22.4 Å². The number of nitrogens with two attached hydrogens (primary N) is 1. The first-order chi connectivity index (χ1) is 9.54. The van der Waals surface area contributed by atoms with Crippen molar-refractivity contribution in [2.24, 2.45) is 5.73 Å². The van der Waals surface area contributed by atoms with Gasteiger partial charge < -0.3 is 15.8 Å². The summed E-state index contributed by atoms with van der Waals surface area (Å²) in [6.45, 7) is -0.664. The van der Waals surface area contributed by atoms with Crippen LogP contribution >= 0.6 is 11.3 Å². The number of aryl methyl sites for hydroxylation is 1. The molecule has 0 spiro atoms. The average Bonchev–Trinajstić information content (AvgIpc) is 2.75. The molecule has 1 aromatic heterocycles. The summed E-state index contributed by atoms with van der Waals surface area (Å²) in [5.74, 6) is -0.283. The maximum Gasteiger partial charge on any atom is 0.261 e. The lowest BCUT2D eigenvalue weighted by molar-refractivity contribution is -0.117. The van der Waals surface area contributed by atoms with Gasteiger partial charge in [-0.3, -0.25) is 4.79 Å². The van der Waals surface area contributed by atoms with Crippen LogP contribution in [0.5, 0.6) is 0 Å². The first-order valence-electron chi connectivity index (χ1n) is 6.44. The summed E-state index contributed by atoms with van der Waals surface area (Å²) in [4.78, 5) is 17.1. The number of carbonyl (C=O) groups is 1. The Morgan fingerprint density at radius 1 is 1.60 bits per heavy atom. The molecule has 0 unspecified atom stereocenters. The summed E-state index contributed by atoms with van der Waals surface area (Å²) in [6, 6.07) is 0.161. The summed E-state index contributed by atoms with van der Waals surface area (Å²) in [7, 11) is 0. The molecule has 0 saturated heterocycles. The molecule has 0 aromatic carbocycles. The van der Waals surface area contributed by atoms with E-state index in [1.54, 1.807) is 0 Å². The van der Waals surface area contributed by atoms with Gasteiger partial charge in [0, 0.05) is 10.9 Å². The number of rotatable bonds is 6. The van der Waals surface area contributed by atoms with Crippen LogP contribution in [0.15, 0.2) is 0 Å². The van der Waals surface area contributed by atoms with Gasteiger partial charge in [-0.15, -0.1) is 11.3 Å². The average molecular weight is 305 g/mol. The van der Waals surface area contributed by atoms with E-state index in [4.69, 9.17) is 5.73 Å². The number of ether oxygens (including phenoxy) is 1. The summed E-state index contributed by atoms with van der Waals surface area (Å²) in [5.41, 5.74) is 6.88. The lowest BCUT2D eigenvalue weighted by Gasteiger charge is -2.15. The molecule has 8 heteroatoms. The number of carbonyl (C=O) groups excluding carboxylic acids is 1. The molecule has 1 aliphatic rings. The Morgan fingerprint density at radius 3 is 3.15 bits per heavy atom. The lowest BCUT2D eigenvalue weighted by atomic mass is 9.99. The van der Waals surface area contributed by atoms with Gasteiger partial charge >= 0.3 is 0 Å². The quantitative estimate of drug-likeness (QED) is 0.782. The van der Waals surface area contributed by atoms with Crippen molar-refractivity contribution in [1.82, 2.24) is 4.98 Å². The number of nitrogens with one attached hydrogen (secondary N) is 1. The molecule has 2 rings (SSSR count). The smallest absolute Gasteiger partial charge is 0.261 e. The standard InChI is InChI=1S/C12H17F2N3O2S/c13-10(14)6-19-4-3-11(18)17-12-16-8-2-1-7(15)5-9(8)20-12/h7,10H,1-6,15H2,(H,16,17,18)/t7-/m0/s1. The molecule has 0 bridgehead atoms. The fourth-order valence-corrected chi connectivity index (χ4v) is 3.09. The second kappa shape index (κ2) is 7.05. The van der Waals surface area contributed by atoms with Crippen molar-refractivity contribution in [2.45, 2.75) is 38.2 Å². The van der Waals surface area contributed by atoms with E-state index in [-0.39, 0.29) is 25.0 Å². The van der Waals surface area contributed by atoms with E-state index < -0.39 is 13.0 Å². The normalized spacial score (nSPS) is 18.1. The topological polar surface area (TPSA) is 77.2 Å². The molecule has 1 aliphatic carbocycles. The molecule has 5 nitrogen and oxygen atoms in total. The Hall–Kier alpha value is -1.12. The number of anilines is 1. The van der Waals surface area contributed by atoms with Gasteiger partial charge in [-0.25, -0.2) is 13.8 Å². The minimum Gasteiger partial charge on any atom is -0.375 e. The van der Waals surface area contributed by atoms with Gasteiger partial charge in [0.25, 0.3) is 6.43 Å². The molecule has 1 amide bonds. The van der Waals surface area contributed by atoms with E-state index >= 15 is 0 Å². The largest absolute Gasteiger partial charge is 0.375 e. The van der Waals surface area contributed by atoms with Crippen molar-refractivity contribution in [3.8, 4) is 0 Å². The number of halogens is 2. The summed E-state index contributed by atoms with van der Waals surface area (Å²) in [6.07, 6.45) is 0.0657. The molecule has 0 aliphatic heterocycles. The SMILES string of the molecule is N[C@H]1CCc2nc(NC(=O)CCOCC(F)F)sc2C1. The van der Waals surface area contributed by atoms with E-state index in [1.807, 2.05) is 0 Å². The van der Waals surface area contributed by atoms with Gasteiger partial charge in [-0.05, 0) is 19.3 Å². The van der Waals surface area contributed by atoms with E-state index in [1.165, 1.54) is 11.3 Å². The number of alkyl halides is 2. The predicted octanol–water partition coefficient (Wildman–Crippen LogP) is 1.57. The van der Waals surface area contributed by atoms with Crippen molar-refractivity contribution in [1.29, 1.82) is 0 Å². The molecule has 1 atom stereocenters. The first-order valence-corrected chi connectivity index (χ1v) is 7.26. The van der Waals surface area contributed by atoms with Crippen molar-refractivity contribution < 1.29 is 18.3 Å². The fraction of sp³-hybridized carbons (Fsp3) is 0.667. The van der Waals surface area contributed by atoms with Crippen molar-refractivity contribution in [3.63, 3.8) is 0 Å². The van der Waals surface area contributed by atoms with E-state index in [2.05, 4.69) is 15.0 Å². The summed E-state index contributed by atoms with van der Waals surface area (Å²) < 4.78 is 28.3. The Kier molecular flexibility index (Phi) is 5.38. The van der Waals surface area contributed by atoms with E-state index in [9.17, 15) is 13.6 Å². The molecule has 1 heterocycles. The predicted molar refractivity (Wildman–Crippen MR) is 72.2 cm³/mol. The number of thiazole rings is 1. The van der Waals surface area contributed by atoms with Crippen LogP contribution in [0, 0.1) is 0 Å². The zero-order valence-corrected chi connectivity index (χ0v) is 11.7. The molecule has 0 radical (unpaired) electrons. The van der Waals surface area contributed by atoms with Gasteiger partial charge in [-0.2, -0.15) is 0 Å². The van der Waals surface area contributed by atoms with E-state index in [0.29, 0.717) is 5.13 Å². The van der Waals surface area contributed by atoms with Gasteiger partial charge in [0.2, 0.25) is 5.91 Å². The highest BCUT2D eigenvalue weighted by Gasteiger charge is 2.20. The molecule has 3 N–H and O–H groups in total. The van der Waals surface area contributed by atoms with Gasteiger partial charge in [-0.1, -0.05) is 0 Å². The highest BCUT2D eigenvalue weighted by Crippen LogP contribution is 2.29. The van der Waals surface area contributed by atoms with Crippen LogP contribution in [0.1, 0.15) is 23.4 Å². The van der Waals surface area contributed by atoms with Crippen LogP contribution in [0.4, 0.5) is 13.9 Å². The van der Waals surface area contributed by atoms with Crippen LogP contribution in [-0.2, 0) is 22.4 Å². The Morgan fingerprint density at radius 2 is 2.40 bits per heavy atom. The number of hydrogen-bond acceptors (Lipinski definition) is 5. The Labute approximate surface area is 119 Å². The van der Waals surface area contributed by atoms with Gasteiger partial charge in [0.1, 0.15) is 6.61 Å². The Balaban J connectivity index is 1.77. The number of fused-ring (bicyclic) bond motifs is 1. The minimum atomic E-state index is -2.51. The van der Waals surface area contributed by atoms with E-state index in [0.717, 1.165) is 29.8 Å². The van der Waals surface area contributed by atoms with Gasteiger partial charge in [0.15, 0.2) is 5.13 Å². The molecule has 20 heavy (non-hydrogen) atoms. The lowest BCUT2D eigenvalue weighted by Crippen LogP contribution is -2.27. The molecule has 0 fully saturated rings. The molecular weight excluding hydrogens is 288 g/mol. The second-order valence-corrected chi connectivity index (χ2v) is 5.74. The summed E-state index contributed by atoms with van der Waals surface area (Å²) in [5, 5.41) is 3.21. The van der Waals surface area contributed by atoms with Crippen LogP contribution in [0.3, 0.4) is 0 Å². The third-order valence-electron chi connectivity index (χ3n) is 2.94. The number of amides is 1. The first kappa shape index (κ1) is 15.3. The third-order valence-corrected chi connectivity index (χ3v) is 3.98. The monoisotopic (exact) mass is 305 g/mol. The number of hydrogen-bond donors (Lipinski definition) is 2. The molecule has 1 aromatic rings. The van der Waals surface area contributed by atoms with Crippen LogP contribution in [-0.4, -0.2) is 36.6 Å². The molecule has 0 saturated carbocycles. The van der Waals surface area contributed by atoms with Gasteiger partial charge in [0.05, 0.1) is 18.7 Å². The summed E-state index contributed by atoms with van der Waals surface area (Å²) >= 11 is 1.43.